The van der Waals surface area contributed by atoms with Gasteiger partial charge in [0.15, 0.2) is 0 Å². The minimum Gasteiger partial charge on any atom is -0.382 e. The molecule has 1 aliphatic rings. The van der Waals surface area contributed by atoms with Crippen LogP contribution in [0.1, 0.15) is 38.2 Å². The molecular weight excluding hydrogens is 248 g/mol. The predicted molar refractivity (Wildman–Crippen MR) is 80.6 cm³/mol. The second-order valence-corrected chi connectivity index (χ2v) is 5.91. The standard InChI is InChI=1S/C16H22N4/c1-13-4-2-6-15(8-13)19-16-7-3-5-14(9-16)10-20-12-17-11-18-20/h3,5,7,9,11-13,15,19H,2,4,6,8,10H2,1H3. The van der Waals surface area contributed by atoms with Gasteiger partial charge in [-0.1, -0.05) is 31.9 Å². The summed E-state index contributed by atoms with van der Waals surface area (Å²) in [5, 5.41) is 7.84. The summed E-state index contributed by atoms with van der Waals surface area (Å²) in [5.41, 5.74) is 2.48. The van der Waals surface area contributed by atoms with E-state index in [1.54, 1.807) is 12.7 Å². The van der Waals surface area contributed by atoms with E-state index in [4.69, 9.17) is 0 Å². The summed E-state index contributed by atoms with van der Waals surface area (Å²) in [4.78, 5) is 3.98. The van der Waals surface area contributed by atoms with Crippen molar-refractivity contribution in [3.8, 4) is 0 Å². The van der Waals surface area contributed by atoms with E-state index in [1.807, 2.05) is 4.68 Å². The van der Waals surface area contributed by atoms with Crippen molar-refractivity contribution < 1.29 is 0 Å². The van der Waals surface area contributed by atoms with Gasteiger partial charge in [-0.2, -0.15) is 5.10 Å². The molecule has 3 rings (SSSR count). The topological polar surface area (TPSA) is 42.7 Å². The Labute approximate surface area is 120 Å². The van der Waals surface area contributed by atoms with Crippen molar-refractivity contribution in [3.05, 3.63) is 42.5 Å². The third-order valence-corrected chi connectivity index (χ3v) is 4.05. The van der Waals surface area contributed by atoms with Crippen LogP contribution in [0.25, 0.3) is 0 Å². The minimum absolute atomic E-state index is 0.625. The van der Waals surface area contributed by atoms with Crippen molar-refractivity contribution in [2.24, 2.45) is 5.92 Å². The Morgan fingerprint density at radius 2 is 2.30 bits per heavy atom. The lowest BCUT2D eigenvalue weighted by atomic mass is 9.87. The fourth-order valence-corrected chi connectivity index (χ4v) is 3.06. The SMILES string of the molecule is CC1CCCC(Nc2cccc(Cn3cncn3)c2)C1. The Balaban J connectivity index is 1.65. The summed E-state index contributed by atoms with van der Waals surface area (Å²) in [5.74, 6) is 0.847. The Hall–Kier alpha value is -1.84. The lowest BCUT2D eigenvalue weighted by Crippen LogP contribution is -2.26. The van der Waals surface area contributed by atoms with Crippen LogP contribution in [0.4, 0.5) is 5.69 Å². The molecule has 1 N–H and O–H groups in total. The van der Waals surface area contributed by atoms with Crippen LogP contribution >= 0.6 is 0 Å². The summed E-state index contributed by atoms with van der Waals surface area (Å²) in [6.07, 6.45) is 8.63. The summed E-state index contributed by atoms with van der Waals surface area (Å²) < 4.78 is 1.85. The summed E-state index contributed by atoms with van der Waals surface area (Å²) in [7, 11) is 0. The number of aromatic nitrogens is 3. The van der Waals surface area contributed by atoms with Crippen LogP contribution in [0.5, 0.6) is 0 Å². The molecule has 1 aliphatic carbocycles. The highest BCUT2D eigenvalue weighted by atomic mass is 15.3. The highest BCUT2D eigenvalue weighted by Gasteiger charge is 2.18. The number of anilines is 1. The first-order valence-corrected chi connectivity index (χ1v) is 7.47. The Morgan fingerprint density at radius 1 is 1.35 bits per heavy atom. The molecule has 4 heteroatoms. The molecular formula is C16H22N4. The second kappa shape index (κ2) is 6.07. The minimum atomic E-state index is 0.625. The molecule has 20 heavy (non-hydrogen) atoms. The van der Waals surface area contributed by atoms with Crippen molar-refractivity contribution in [1.29, 1.82) is 0 Å². The maximum Gasteiger partial charge on any atom is 0.137 e. The molecule has 2 aromatic rings. The maximum absolute atomic E-state index is 4.15. The number of nitrogens with one attached hydrogen (secondary N) is 1. The molecule has 2 unspecified atom stereocenters. The monoisotopic (exact) mass is 270 g/mol. The van der Waals surface area contributed by atoms with Gasteiger partial charge in [0.25, 0.3) is 0 Å². The van der Waals surface area contributed by atoms with E-state index in [2.05, 4.69) is 46.6 Å². The first-order valence-electron chi connectivity index (χ1n) is 7.47. The maximum atomic E-state index is 4.15. The average Bonchev–Trinajstić information content (AvgIpc) is 2.92. The van der Waals surface area contributed by atoms with Crippen LogP contribution in [0.3, 0.4) is 0 Å². The van der Waals surface area contributed by atoms with E-state index in [0.717, 1.165) is 12.5 Å². The van der Waals surface area contributed by atoms with Crippen LogP contribution in [0.2, 0.25) is 0 Å². The highest BCUT2D eigenvalue weighted by Crippen LogP contribution is 2.26. The largest absolute Gasteiger partial charge is 0.382 e. The van der Waals surface area contributed by atoms with Gasteiger partial charge in [-0.3, -0.25) is 0 Å². The molecule has 4 nitrogen and oxygen atoms in total. The molecule has 0 spiro atoms. The molecule has 1 aromatic carbocycles. The van der Waals surface area contributed by atoms with Gasteiger partial charge in [0.2, 0.25) is 0 Å². The van der Waals surface area contributed by atoms with Gasteiger partial charge in [-0.25, -0.2) is 9.67 Å². The predicted octanol–water partition coefficient (Wildman–Crippen LogP) is 3.32. The zero-order valence-corrected chi connectivity index (χ0v) is 12.0. The molecule has 0 aliphatic heterocycles. The van der Waals surface area contributed by atoms with E-state index >= 15 is 0 Å². The molecule has 0 bridgehead atoms. The van der Waals surface area contributed by atoms with Gasteiger partial charge in [0.05, 0.1) is 6.54 Å². The zero-order valence-electron chi connectivity index (χ0n) is 12.0. The Morgan fingerprint density at radius 3 is 3.10 bits per heavy atom. The number of hydrogen-bond acceptors (Lipinski definition) is 3. The molecule has 1 fully saturated rings. The number of nitrogens with zero attached hydrogens (tertiary/aromatic N) is 3. The van der Waals surface area contributed by atoms with E-state index in [9.17, 15) is 0 Å². The quantitative estimate of drug-likeness (QED) is 0.926. The average molecular weight is 270 g/mol. The zero-order chi connectivity index (χ0) is 13.8. The van der Waals surface area contributed by atoms with Crippen molar-refractivity contribution in [2.75, 3.05) is 5.32 Å². The lowest BCUT2D eigenvalue weighted by molar-refractivity contribution is 0.358. The first-order chi connectivity index (χ1) is 9.79. The molecule has 0 amide bonds. The van der Waals surface area contributed by atoms with Crippen LogP contribution in [0, 0.1) is 5.92 Å². The van der Waals surface area contributed by atoms with Gasteiger partial charge in [0.1, 0.15) is 12.7 Å². The van der Waals surface area contributed by atoms with E-state index in [0.29, 0.717) is 6.04 Å². The smallest absolute Gasteiger partial charge is 0.137 e. The fraction of sp³-hybridized carbons (Fsp3) is 0.500. The van der Waals surface area contributed by atoms with Crippen LogP contribution < -0.4 is 5.32 Å². The molecule has 106 valence electrons. The fourth-order valence-electron chi connectivity index (χ4n) is 3.06. The lowest BCUT2D eigenvalue weighted by Gasteiger charge is -2.28. The first kappa shape index (κ1) is 13.2. The van der Waals surface area contributed by atoms with Crippen molar-refractivity contribution >= 4 is 5.69 Å². The van der Waals surface area contributed by atoms with Gasteiger partial charge in [-0.05, 0) is 36.5 Å². The second-order valence-electron chi connectivity index (χ2n) is 5.91. The molecule has 1 saturated carbocycles. The van der Waals surface area contributed by atoms with Crippen molar-refractivity contribution in [2.45, 2.75) is 45.2 Å². The van der Waals surface area contributed by atoms with E-state index in [-0.39, 0.29) is 0 Å². The number of benzene rings is 1. The molecule has 2 atom stereocenters. The van der Waals surface area contributed by atoms with Crippen LogP contribution in [-0.4, -0.2) is 20.8 Å². The summed E-state index contributed by atoms with van der Waals surface area (Å²) >= 11 is 0. The molecule has 1 heterocycles. The van der Waals surface area contributed by atoms with Crippen molar-refractivity contribution in [3.63, 3.8) is 0 Å². The highest BCUT2D eigenvalue weighted by molar-refractivity contribution is 5.46. The van der Waals surface area contributed by atoms with Crippen molar-refractivity contribution in [1.82, 2.24) is 14.8 Å². The Bertz CT molecular complexity index is 535. The van der Waals surface area contributed by atoms with Gasteiger partial charge >= 0.3 is 0 Å². The normalized spacial score (nSPS) is 22.6. The van der Waals surface area contributed by atoms with Crippen LogP contribution in [0.15, 0.2) is 36.9 Å². The van der Waals surface area contributed by atoms with Gasteiger partial charge < -0.3 is 5.32 Å². The summed E-state index contributed by atoms with van der Waals surface area (Å²) in [6, 6.07) is 9.25. The number of rotatable bonds is 4. The van der Waals surface area contributed by atoms with Gasteiger partial charge in [0, 0.05) is 11.7 Å². The Kier molecular flexibility index (Phi) is 4.00. The number of hydrogen-bond donors (Lipinski definition) is 1. The third-order valence-electron chi connectivity index (χ3n) is 4.05. The summed E-state index contributed by atoms with van der Waals surface area (Å²) in [6.45, 7) is 3.13. The van der Waals surface area contributed by atoms with E-state index in [1.165, 1.54) is 36.9 Å². The van der Waals surface area contributed by atoms with Gasteiger partial charge in [-0.15, -0.1) is 0 Å². The third kappa shape index (κ3) is 3.38. The van der Waals surface area contributed by atoms with Crippen LogP contribution in [-0.2, 0) is 6.54 Å². The molecule has 0 radical (unpaired) electrons. The van der Waals surface area contributed by atoms with E-state index < -0.39 is 0 Å². The molecule has 1 aromatic heterocycles. The molecule has 0 saturated heterocycles.